The monoisotopic (exact) mass is 132 g/mol. The fourth-order valence-electron chi connectivity index (χ4n) is 0.118. The summed E-state index contributed by atoms with van der Waals surface area (Å²) in [6.45, 7) is 5.98. The second-order valence-corrected chi connectivity index (χ2v) is 0.955. The lowest BCUT2D eigenvalue weighted by atomic mass is 10.4. The summed E-state index contributed by atoms with van der Waals surface area (Å²) in [5, 5.41) is 0. The third-order valence-electron chi connectivity index (χ3n) is 0.407. The van der Waals surface area contributed by atoms with Crippen LogP contribution in [0.5, 0.6) is 0 Å². The topological polar surface area (TPSA) is 51.2 Å². The zero-order valence-electron chi connectivity index (χ0n) is 5.63. The summed E-state index contributed by atoms with van der Waals surface area (Å²) in [4.78, 5) is 25.4. The van der Waals surface area contributed by atoms with Crippen molar-refractivity contribution >= 4 is 19.9 Å². The molecular formula is C6H12O3. The largest absolute Gasteiger partial charge is 0.307 e. The Morgan fingerprint density at radius 3 is 1.56 bits per heavy atom. The molecule has 0 atom stereocenters. The van der Waals surface area contributed by atoms with Gasteiger partial charge in [0.05, 0.1) is 0 Å². The quantitative estimate of drug-likeness (QED) is 0.517. The third kappa shape index (κ3) is 172. The number of carbonyl (C=O) groups excluding carboxylic acids is 3. The van der Waals surface area contributed by atoms with Crippen LogP contribution in [0.25, 0.3) is 0 Å². The Balaban J connectivity index is -0.0000000771. The maximum absolute atomic E-state index is 9.40. The van der Waals surface area contributed by atoms with Crippen LogP contribution < -0.4 is 0 Å². The van der Waals surface area contributed by atoms with E-state index in [-0.39, 0.29) is 0 Å². The minimum absolute atomic E-state index is 0.708. The highest BCUT2D eigenvalue weighted by atomic mass is 16.1. The van der Waals surface area contributed by atoms with Gasteiger partial charge < -0.3 is 14.4 Å². The SMILES string of the molecule is C=O.C=O.CCCC=O. The molecule has 0 bridgehead atoms. The van der Waals surface area contributed by atoms with Crippen LogP contribution in [0.15, 0.2) is 0 Å². The molecule has 3 nitrogen and oxygen atoms in total. The molecule has 0 aromatic rings. The van der Waals surface area contributed by atoms with Crippen LogP contribution in [0, 0.1) is 0 Å². The summed E-state index contributed by atoms with van der Waals surface area (Å²) in [6.07, 6.45) is 2.61. The summed E-state index contributed by atoms with van der Waals surface area (Å²) in [5.41, 5.74) is 0. The lowest BCUT2D eigenvalue weighted by Gasteiger charge is -1.68. The molecule has 0 aliphatic rings. The van der Waals surface area contributed by atoms with Crippen molar-refractivity contribution in [1.29, 1.82) is 0 Å². The van der Waals surface area contributed by atoms with E-state index in [1.165, 1.54) is 0 Å². The summed E-state index contributed by atoms with van der Waals surface area (Å²) in [6, 6.07) is 0. The van der Waals surface area contributed by atoms with Gasteiger partial charge in [0.1, 0.15) is 19.9 Å². The van der Waals surface area contributed by atoms with E-state index in [1.807, 2.05) is 20.5 Å². The first-order valence-electron chi connectivity index (χ1n) is 2.43. The van der Waals surface area contributed by atoms with Crippen LogP contribution in [0.4, 0.5) is 0 Å². The summed E-state index contributed by atoms with van der Waals surface area (Å²) < 4.78 is 0. The Bertz CT molecular complexity index is 43.6. The molecule has 9 heavy (non-hydrogen) atoms. The molecule has 0 spiro atoms. The molecule has 0 aromatic heterocycles. The molecule has 54 valence electrons. The molecule has 0 unspecified atom stereocenters. The highest BCUT2D eigenvalue weighted by Gasteiger charge is 1.66. The van der Waals surface area contributed by atoms with Gasteiger partial charge in [0.15, 0.2) is 0 Å². The first-order valence-corrected chi connectivity index (χ1v) is 2.43. The first kappa shape index (κ1) is 15.7. The molecule has 3 heteroatoms. The number of unbranched alkanes of at least 4 members (excludes halogenated alkanes) is 1. The maximum Gasteiger partial charge on any atom is 0.119 e. The van der Waals surface area contributed by atoms with Crippen LogP contribution in [-0.2, 0) is 14.4 Å². The van der Waals surface area contributed by atoms with Gasteiger partial charge >= 0.3 is 0 Å². The first-order chi connectivity index (χ1) is 4.41. The number of rotatable bonds is 2. The highest BCUT2D eigenvalue weighted by molar-refractivity contribution is 5.48. The van der Waals surface area contributed by atoms with Gasteiger partial charge in [-0.1, -0.05) is 6.92 Å². The van der Waals surface area contributed by atoms with E-state index in [0.29, 0.717) is 6.42 Å². The zero-order chi connectivity index (χ0) is 8.12. The predicted octanol–water partition coefficient (Wildman–Crippen LogP) is 0.616. The van der Waals surface area contributed by atoms with E-state index in [1.54, 1.807) is 0 Å². The fraction of sp³-hybridized carbons (Fsp3) is 0.500. The number of carbonyl (C=O) groups is 3. The molecule has 0 fully saturated rings. The van der Waals surface area contributed by atoms with Gasteiger partial charge in [0, 0.05) is 6.42 Å². The van der Waals surface area contributed by atoms with Crippen molar-refractivity contribution < 1.29 is 14.4 Å². The van der Waals surface area contributed by atoms with E-state index in [0.717, 1.165) is 12.7 Å². The van der Waals surface area contributed by atoms with Crippen molar-refractivity contribution in [3.63, 3.8) is 0 Å². The lowest BCUT2D eigenvalue weighted by Crippen LogP contribution is -1.64. The van der Waals surface area contributed by atoms with Gasteiger partial charge in [-0.15, -0.1) is 0 Å². The van der Waals surface area contributed by atoms with Crippen LogP contribution in [-0.4, -0.2) is 19.9 Å². The molecule has 0 amide bonds. The number of hydrogen-bond acceptors (Lipinski definition) is 3. The van der Waals surface area contributed by atoms with Gasteiger partial charge in [-0.3, -0.25) is 0 Å². The molecule has 0 N–H and O–H groups in total. The molecule has 0 heterocycles. The van der Waals surface area contributed by atoms with Gasteiger partial charge in [-0.25, -0.2) is 0 Å². The van der Waals surface area contributed by atoms with Crippen LogP contribution in [0.1, 0.15) is 19.8 Å². The lowest BCUT2D eigenvalue weighted by molar-refractivity contribution is -0.107. The van der Waals surface area contributed by atoms with Gasteiger partial charge in [-0.05, 0) is 6.42 Å². The summed E-state index contributed by atoms with van der Waals surface area (Å²) in [5.74, 6) is 0. The zero-order valence-corrected chi connectivity index (χ0v) is 5.63. The van der Waals surface area contributed by atoms with Crippen LogP contribution >= 0.6 is 0 Å². The third-order valence-corrected chi connectivity index (χ3v) is 0.407. The summed E-state index contributed by atoms with van der Waals surface area (Å²) >= 11 is 0. The van der Waals surface area contributed by atoms with Crippen molar-refractivity contribution in [3.05, 3.63) is 0 Å². The maximum atomic E-state index is 9.40. The second-order valence-electron chi connectivity index (χ2n) is 0.955. The average Bonchev–Trinajstić information content (AvgIpc) is 1.98. The Hall–Kier alpha value is -0.990. The van der Waals surface area contributed by atoms with Crippen LogP contribution in [0.2, 0.25) is 0 Å². The molecule has 0 rings (SSSR count). The Morgan fingerprint density at radius 2 is 1.56 bits per heavy atom. The fourth-order valence-corrected chi connectivity index (χ4v) is 0.118. The van der Waals surface area contributed by atoms with Gasteiger partial charge in [-0.2, -0.15) is 0 Å². The molecule has 0 aromatic carbocycles. The molecule has 0 aliphatic carbocycles. The summed E-state index contributed by atoms with van der Waals surface area (Å²) in [7, 11) is 0. The minimum atomic E-state index is 0.708. The highest BCUT2D eigenvalue weighted by Crippen LogP contribution is 1.74. The Kier molecular flexibility index (Phi) is 109. The van der Waals surface area contributed by atoms with Crippen molar-refractivity contribution in [2.45, 2.75) is 19.8 Å². The van der Waals surface area contributed by atoms with Crippen LogP contribution in [0.3, 0.4) is 0 Å². The smallest absolute Gasteiger partial charge is 0.119 e. The van der Waals surface area contributed by atoms with E-state index in [4.69, 9.17) is 9.59 Å². The Morgan fingerprint density at radius 1 is 1.22 bits per heavy atom. The average molecular weight is 132 g/mol. The Labute approximate surface area is 55.1 Å². The standard InChI is InChI=1S/C4H8O.2CH2O/c1-2-3-4-5;2*1-2/h4H,2-3H2,1H3;2*1H2. The second kappa shape index (κ2) is 62.7. The van der Waals surface area contributed by atoms with E-state index < -0.39 is 0 Å². The van der Waals surface area contributed by atoms with Crippen molar-refractivity contribution in [1.82, 2.24) is 0 Å². The van der Waals surface area contributed by atoms with E-state index in [9.17, 15) is 4.79 Å². The molecule has 0 aliphatic heterocycles. The van der Waals surface area contributed by atoms with Crippen molar-refractivity contribution in [3.8, 4) is 0 Å². The molecule has 0 saturated heterocycles. The number of hydrogen-bond donors (Lipinski definition) is 0. The van der Waals surface area contributed by atoms with Crippen molar-refractivity contribution in [2.24, 2.45) is 0 Å². The van der Waals surface area contributed by atoms with Crippen molar-refractivity contribution in [2.75, 3.05) is 0 Å². The van der Waals surface area contributed by atoms with Gasteiger partial charge in [0.25, 0.3) is 0 Å². The van der Waals surface area contributed by atoms with E-state index >= 15 is 0 Å². The number of aldehydes is 1. The minimum Gasteiger partial charge on any atom is -0.307 e. The normalized spacial score (nSPS) is 5.00. The predicted molar refractivity (Wildman–Crippen MR) is 35.2 cm³/mol. The molecule has 0 radical (unpaired) electrons. The molecule has 0 saturated carbocycles. The molecular weight excluding hydrogens is 120 g/mol. The van der Waals surface area contributed by atoms with Gasteiger partial charge in [0.2, 0.25) is 0 Å². The van der Waals surface area contributed by atoms with E-state index in [2.05, 4.69) is 0 Å².